The molecule has 0 amide bonds. The molecule has 4 bridgehead atoms. The molecule has 200 valence electrons. The zero-order valence-corrected chi connectivity index (χ0v) is 24.6. The molecule has 4 rings (SSSR count). The van der Waals surface area contributed by atoms with Crippen molar-refractivity contribution < 1.29 is 28.2 Å². The van der Waals surface area contributed by atoms with Crippen molar-refractivity contribution in [2.24, 2.45) is 23.7 Å². The van der Waals surface area contributed by atoms with Crippen LogP contribution in [-0.2, 0) is 28.2 Å². The van der Waals surface area contributed by atoms with Crippen molar-refractivity contribution in [3.63, 3.8) is 0 Å². The molecule has 2 aliphatic heterocycles. The molecule has 0 aromatic rings. The van der Waals surface area contributed by atoms with Crippen molar-refractivity contribution >= 4 is 20.1 Å². The second-order valence-electron chi connectivity index (χ2n) is 12.8. The summed E-state index contributed by atoms with van der Waals surface area (Å²) in [5.74, 6) is -0.840. The Balaban J connectivity index is 1.77. The molecule has 0 saturated carbocycles. The first-order valence-electron chi connectivity index (χ1n) is 13.3. The highest BCUT2D eigenvalue weighted by molar-refractivity contribution is 6.74. The van der Waals surface area contributed by atoms with Gasteiger partial charge in [0.2, 0.25) is 0 Å². The lowest BCUT2D eigenvalue weighted by Crippen LogP contribution is -2.53. The van der Waals surface area contributed by atoms with E-state index in [9.17, 15) is 9.59 Å². The van der Waals surface area contributed by atoms with Gasteiger partial charge in [0.25, 0.3) is 0 Å². The highest BCUT2D eigenvalue weighted by Crippen LogP contribution is 2.58. The number of carbonyl (C=O) groups is 2. The number of cyclic esters (lactones) is 1. The Morgan fingerprint density at radius 1 is 1.14 bits per heavy atom. The number of methoxy groups -OCH3 is 1. The summed E-state index contributed by atoms with van der Waals surface area (Å²) in [6.45, 7) is 19.0. The van der Waals surface area contributed by atoms with Gasteiger partial charge < -0.3 is 18.6 Å². The molecule has 0 radical (unpaired) electrons. The predicted octanol–water partition coefficient (Wildman–Crippen LogP) is 5.39. The van der Waals surface area contributed by atoms with Gasteiger partial charge in [-0.2, -0.15) is 0 Å². The molecular formula is C29H44O6Si. The predicted molar refractivity (Wildman–Crippen MR) is 142 cm³/mol. The number of allylic oxidation sites excluding steroid dienone is 1. The Hall–Kier alpha value is -1.54. The van der Waals surface area contributed by atoms with Gasteiger partial charge in [0.1, 0.15) is 11.7 Å². The molecule has 6 nitrogen and oxygen atoms in total. The molecule has 4 aliphatic rings. The van der Waals surface area contributed by atoms with Gasteiger partial charge in [-0.25, -0.2) is 4.79 Å². The summed E-state index contributed by atoms with van der Waals surface area (Å²) in [7, 11) is -0.561. The maximum atomic E-state index is 13.5. The first kappa shape index (κ1) is 27.5. The average Bonchev–Trinajstić information content (AvgIpc) is 2.92. The second-order valence-corrected chi connectivity index (χ2v) is 17.5. The van der Waals surface area contributed by atoms with E-state index >= 15 is 0 Å². The van der Waals surface area contributed by atoms with Crippen LogP contribution >= 0.6 is 0 Å². The summed E-state index contributed by atoms with van der Waals surface area (Å²) in [4.78, 5) is 27.0. The smallest absolute Gasteiger partial charge is 0.335 e. The van der Waals surface area contributed by atoms with Gasteiger partial charge in [-0.15, -0.1) is 0 Å². The maximum absolute atomic E-state index is 13.5. The SMILES string of the molecule is CO[C@H]1C[C@H]2C=C[C@H]3[C@@H]4C=C(C)C(=O)[C@H]3[C@]2(O4)/C(C)=C/[C@@H](C)[C@@H]([C@@H](C)O[Si](C)(C)C(C)(C)C)OC1=O. The van der Waals surface area contributed by atoms with Crippen LogP contribution in [0, 0.1) is 23.7 Å². The van der Waals surface area contributed by atoms with E-state index in [-0.39, 0.29) is 52.7 Å². The monoisotopic (exact) mass is 516 g/mol. The molecule has 1 fully saturated rings. The molecule has 0 N–H and O–H groups in total. The fourth-order valence-corrected chi connectivity index (χ4v) is 7.87. The molecule has 7 heteroatoms. The lowest BCUT2D eigenvalue weighted by atomic mass is 9.60. The van der Waals surface area contributed by atoms with E-state index in [0.717, 1.165) is 11.1 Å². The maximum Gasteiger partial charge on any atom is 0.335 e. The molecule has 0 aromatic heterocycles. The van der Waals surface area contributed by atoms with Crippen LogP contribution < -0.4 is 0 Å². The molecule has 1 saturated heterocycles. The van der Waals surface area contributed by atoms with Gasteiger partial charge >= 0.3 is 5.97 Å². The van der Waals surface area contributed by atoms with Crippen molar-refractivity contribution in [1.29, 1.82) is 0 Å². The normalized spacial score (nSPS) is 41.1. The van der Waals surface area contributed by atoms with E-state index in [1.165, 1.54) is 0 Å². The van der Waals surface area contributed by atoms with Gasteiger partial charge in [0.05, 0.1) is 18.1 Å². The molecule has 1 spiro atoms. The fraction of sp³-hybridized carbons (Fsp3) is 0.724. The highest BCUT2D eigenvalue weighted by Gasteiger charge is 2.64. The van der Waals surface area contributed by atoms with Gasteiger partial charge in [-0.1, -0.05) is 45.9 Å². The topological polar surface area (TPSA) is 71.1 Å². The molecule has 9 atom stereocenters. The van der Waals surface area contributed by atoms with Crippen molar-refractivity contribution in [3.8, 4) is 0 Å². The van der Waals surface area contributed by atoms with Crippen LogP contribution in [0.3, 0.4) is 0 Å². The number of hydrogen-bond acceptors (Lipinski definition) is 6. The zero-order valence-electron chi connectivity index (χ0n) is 23.6. The van der Waals surface area contributed by atoms with Crippen molar-refractivity contribution in [3.05, 3.63) is 35.5 Å². The van der Waals surface area contributed by atoms with E-state index in [1.54, 1.807) is 7.11 Å². The standard InChI is InChI=1S/C29H44O6Si/c1-16-14-22-21-12-11-20-15-23(32-8)27(31)33-26(19(4)35-36(9,10)28(5,6)7)17(2)13-18(3)29(20,34-22)24(21)25(16)30/h11-14,17,19-24,26H,15H2,1-10H3/b18-13+/t17-,19-,20-,21+,22+,23+,24+,26+,29+/m1/s1. The second kappa shape index (κ2) is 9.33. The molecule has 36 heavy (non-hydrogen) atoms. The van der Waals surface area contributed by atoms with Crippen LogP contribution in [-0.4, -0.2) is 57.2 Å². The Morgan fingerprint density at radius 3 is 2.42 bits per heavy atom. The summed E-state index contributed by atoms with van der Waals surface area (Å²) >= 11 is 0. The third kappa shape index (κ3) is 4.30. The van der Waals surface area contributed by atoms with Crippen LogP contribution in [0.1, 0.15) is 54.9 Å². The van der Waals surface area contributed by atoms with Crippen molar-refractivity contribution in [2.45, 2.75) is 103 Å². The zero-order chi connectivity index (χ0) is 26.8. The van der Waals surface area contributed by atoms with Gasteiger partial charge in [-0.3, -0.25) is 4.79 Å². The Labute approximate surface area is 217 Å². The first-order chi connectivity index (χ1) is 16.6. The quantitative estimate of drug-likeness (QED) is 0.283. The molecule has 2 aliphatic carbocycles. The summed E-state index contributed by atoms with van der Waals surface area (Å²) in [5.41, 5.74) is 0.990. The number of esters is 1. The Bertz CT molecular complexity index is 1000. The van der Waals surface area contributed by atoms with Crippen LogP contribution in [0.5, 0.6) is 0 Å². The van der Waals surface area contributed by atoms with Gasteiger partial charge in [0, 0.05) is 24.9 Å². The highest BCUT2D eigenvalue weighted by atomic mass is 28.4. The van der Waals surface area contributed by atoms with Crippen LogP contribution in [0.2, 0.25) is 18.1 Å². The first-order valence-corrected chi connectivity index (χ1v) is 16.2. The number of ether oxygens (including phenoxy) is 3. The number of carbonyl (C=O) groups excluding carboxylic acids is 2. The van der Waals surface area contributed by atoms with Crippen molar-refractivity contribution in [2.75, 3.05) is 7.11 Å². The van der Waals surface area contributed by atoms with E-state index in [0.29, 0.717) is 6.42 Å². The minimum absolute atomic E-state index is 0.0173. The third-order valence-electron chi connectivity index (χ3n) is 9.42. The number of Topliss-reactive ketones (excluding diaryl/α,β-unsaturated/α-hetero) is 1. The average molecular weight is 517 g/mol. The molecular weight excluding hydrogens is 472 g/mol. The fourth-order valence-electron chi connectivity index (χ4n) is 6.46. The lowest BCUT2D eigenvalue weighted by molar-refractivity contribution is -0.171. The van der Waals surface area contributed by atoms with Gasteiger partial charge in [0.15, 0.2) is 20.2 Å². The van der Waals surface area contributed by atoms with E-state index in [1.807, 2.05) is 19.9 Å². The summed E-state index contributed by atoms with van der Waals surface area (Å²) < 4.78 is 25.3. The largest absolute Gasteiger partial charge is 0.457 e. The number of ketones is 1. The summed E-state index contributed by atoms with van der Waals surface area (Å²) in [6.07, 6.45) is 7.08. The molecule has 0 unspecified atom stereocenters. The van der Waals surface area contributed by atoms with Crippen LogP contribution in [0.4, 0.5) is 0 Å². The molecule has 2 heterocycles. The Morgan fingerprint density at radius 2 is 1.81 bits per heavy atom. The van der Waals surface area contributed by atoms with Crippen molar-refractivity contribution in [1.82, 2.24) is 0 Å². The summed E-state index contributed by atoms with van der Waals surface area (Å²) in [6, 6.07) is 0. The third-order valence-corrected chi connectivity index (χ3v) is 14.0. The Kier molecular flexibility index (Phi) is 7.13. The minimum atomic E-state index is -2.10. The summed E-state index contributed by atoms with van der Waals surface area (Å²) in [5, 5.41) is 0.0291. The van der Waals surface area contributed by atoms with Gasteiger partial charge in [-0.05, 0) is 62.5 Å². The van der Waals surface area contributed by atoms with E-state index in [4.69, 9.17) is 18.6 Å². The number of rotatable bonds is 4. The van der Waals surface area contributed by atoms with E-state index < -0.39 is 26.1 Å². The number of hydrogen-bond donors (Lipinski definition) is 0. The minimum Gasteiger partial charge on any atom is -0.457 e. The van der Waals surface area contributed by atoms with Crippen LogP contribution in [0.15, 0.2) is 35.5 Å². The van der Waals surface area contributed by atoms with Crippen LogP contribution in [0.25, 0.3) is 0 Å². The molecule has 0 aromatic carbocycles. The lowest BCUT2D eigenvalue weighted by Gasteiger charge is -2.45. The van der Waals surface area contributed by atoms with E-state index in [2.05, 4.69) is 65.9 Å².